The molecule has 0 radical (unpaired) electrons. The highest BCUT2D eigenvalue weighted by molar-refractivity contribution is 9.10. The highest BCUT2D eigenvalue weighted by atomic mass is 79.9. The highest BCUT2D eigenvalue weighted by Gasteiger charge is 2.21. The van der Waals surface area contributed by atoms with Gasteiger partial charge in [-0.3, -0.25) is 4.79 Å². The molecule has 35 heavy (non-hydrogen) atoms. The van der Waals surface area contributed by atoms with Gasteiger partial charge >= 0.3 is 5.97 Å². The minimum Gasteiger partial charge on any atom is -0.490 e. The van der Waals surface area contributed by atoms with E-state index in [4.69, 9.17) is 14.2 Å². The zero-order chi connectivity index (χ0) is 25.5. The van der Waals surface area contributed by atoms with Gasteiger partial charge in [0.25, 0.3) is 5.56 Å². The zero-order valence-corrected chi connectivity index (χ0v) is 21.8. The summed E-state index contributed by atoms with van der Waals surface area (Å²) in [4.78, 5) is 29.6. The van der Waals surface area contributed by atoms with Crippen LogP contribution in [-0.2, 0) is 16.0 Å². The molecule has 9 heteroatoms. The number of carbonyl (C=O) groups is 1. The van der Waals surface area contributed by atoms with Gasteiger partial charge in [-0.1, -0.05) is 22.0 Å². The molecule has 8 nitrogen and oxygen atoms in total. The van der Waals surface area contributed by atoms with Crippen LogP contribution >= 0.6 is 15.9 Å². The van der Waals surface area contributed by atoms with E-state index >= 15 is 0 Å². The first-order valence-electron chi connectivity index (χ1n) is 11.3. The number of rotatable bonds is 10. The van der Waals surface area contributed by atoms with Crippen LogP contribution in [0.4, 0.5) is 0 Å². The molecule has 0 aliphatic carbocycles. The molecule has 184 valence electrons. The Kier molecular flexibility index (Phi) is 8.81. The van der Waals surface area contributed by atoms with Crippen molar-refractivity contribution in [2.24, 2.45) is 5.10 Å². The number of aromatic nitrogens is 2. The Balaban J connectivity index is 2.05. The van der Waals surface area contributed by atoms with Crippen LogP contribution in [0.25, 0.3) is 10.9 Å². The first kappa shape index (κ1) is 26.2. The van der Waals surface area contributed by atoms with Crippen LogP contribution in [0.1, 0.15) is 37.7 Å². The summed E-state index contributed by atoms with van der Waals surface area (Å²) < 4.78 is 18.9. The van der Waals surface area contributed by atoms with E-state index in [1.807, 2.05) is 19.1 Å². The lowest BCUT2D eigenvalue weighted by Gasteiger charge is -2.20. The van der Waals surface area contributed by atoms with Gasteiger partial charge in [-0.05, 0) is 70.0 Å². The Labute approximate surface area is 212 Å². The van der Waals surface area contributed by atoms with Gasteiger partial charge in [-0.15, -0.1) is 6.58 Å². The second-order valence-corrected chi connectivity index (χ2v) is 8.54. The Bertz CT molecular complexity index is 1330. The number of esters is 1. The lowest BCUT2D eigenvalue weighted by Crippen LogP contribution is -2.26. The fraction of sp³-hybridized carbons (Fsp3) is 0.308. The van der Waals surface area contributed by atoms with E-state index < -0.39 is 12.1 Å². The highest BCUT2D eigenvalue weighted by Crippen LogP contribution is 2.34. The maximum absolute atomic E-state index is 13.0. The third-order valence-corrected chi connectivity index (χ3v) is 5.52. The first-order valence-corrected chi connectivity index (χ1v) is 12.0. The standard InChI is InChI=1S/C26H28BrN3O5/c1-6-9-19-12-18(13-23(33-7-2)24(19)35-16(4)26(32)34-8-3)15-28-30-17(5)29-22-11-10-20(27)14-21(22)25(30)31/h6,10-16H,1,7-9H2,2-5H3/t16-/m0/s1. The molecular weight excluding hydrogens is 514 g/mol. The van der Waals surface area contributed by atoms with Crippen molar-refractivity contribution in [1.82, 2.24) is 9.66 Å². The van der Waals surface area contributed by atoms with Crippen LogP contribution in [0, 0.1) is 6.92 Å². The largest absolute Gasteiger partial charge is 0.490 e. The van der Waals surface area contributed by atoms with Crippen molar-refractivity contribution in [1.29, 1.82) is 0 Å². The van der Waals surface area contributed by atoms with Gasteiger partial charge in [-0.2, -0.15) is 9.78 Å². The molecule has 0 spiro atoms. The number of benzene rings is 2. The molecule has 0 fully saturated rings. The number of fused-ring (bicyclic) bond motifs is 1. The maximum atomic E-state index is 13.0. The van der Waals surface area contributed by atoms with Crippen LogP contribution in [-0.4, -0.2) is 41.2 Å². The second kappa shape index (κ2) is 11.8. The zero-order valence-electron chi connectivity index (χ0n) is 20.2. The number of ether oxygens (including phenoxy) is 3. The van der Waals surface area contributed by atoms with Gasteiger partial charge in [0.1, 0.15) is 5.82 Å². The second-order valence-electron chi connectivity index (χ2n) is 7.63. The Morgan fingerprint density at radius 3 is 2.71 bits per heavy atom. The summed E-state index contributed by atoms with van der Waals surface area (Å²) in [7, 11) is 0. The number of aryl methyl sites for hydroxylation is 1. The van der Waals surface area contributed by atoms with E-state index in [0.29, 0.717) is 46.8 Å². The molecule has 0 amide bonds. The average molecular weight is 542 g/mol. The van der Waals surface area contributed by atoms with Crippen molar-refractivity contribution < 1.29 is 19.0 Å². The minimum atomic E-state index is -0.818. The predicted octanol–water partition coefficient (Wildman–Crippen LogP) is 4.81. The molecule has 0 saturated heterocycles. The van der Waals surface area contributed by atoms with Gasteiger partial charge in [-0.25, -0.2) is 9.78 Å². The minimum absolute atomic E-state index is 0.263. The number of allylic oxidation sites excluding steroid dienone is 1. The van der Waals surface area contributed by atoms with E-state index in [-0.39, 0.29) is 12.2 Å². The van der Waals surface area contributed by atoms with Crippen LogP contribution in [0.5, 0.6) is 11.5 Å². The summed E-state index contributed by atoms with van der Waals surface area (Å²) >= 11 is 3.39. The number of carbonyl (C=O) groups excluding carboxylic acids is 1. The smallest absolute Gasteiger partial charge is 0.347 e. The van der Waals surface area contributed by atoms with Crippen molar-refractivity contribution >= 4 is 39.0 Å². The van der Waals surface area contributed by atoms with Crippen LogP contribution < -0.4 is 15.0 Å². The van der Waals surface area contributed by atoms with E-state index in [9.17, 15) is 9.59 Å². The van der Waals surface area contributed by atoms with E-state index in [0.717, 1.165) is 10.0 Å². The van der Waals surface area contributed by atoms with Gasteiger partial charge in [0.05, 0.1) is 30.3 Å². The van der Waals surface area contributed by atoms with Crippen molar-refractivity contribution in [3.05, 3.63) is 74.8 Å². The van der Waals surface area contributed by atoms with Crippen molar-refractivity contribution in [3.8, 4) is 11.5 Å². The molecule has 1 aromatic heterocycles. The molecule has 0 N–H and O–H groups in total. The summed E-state index contributed by atoms with van der Waals surface area (Å²) in [6.45, 7) is 11.4. The predicted molar refractivity (Wildman–Crippen MR) is 140 cm³/mol. The molecule has 0 saturated carbocycles. The SMILES string of the molecule is C=CCc1cc(C=Nn2c(C)nc3ccc(Br)cc3c2=O)cc(OCC)c1O[C@@H](C)C(=O)OCC. The monoisotopic (exact) mass is 541 g/mol. The van der Waals surface area contributed by atoms with Gasteiger partial charge in [0, 0.05) is 10.0 Å². The fourth-order valence-corrected chi connectivity index (χ4v) is 3.83. The topological polar surface area (TPSA) is 92.0 Å². The molecule has 1 heterocycles. The molecule has 0 unspecified atom stereocenters. The molecule has 3 aromatic rings. The maximum Gasteiger partial charge on any atom is 0.347 e. The van der Waals surface area contributed by atoms with E-state index in [2.05, 4.69) is 32.6 Å². The molecule has 3 rings (SSSR count). The normalized spacial score (nSPS) is 12.0. The molecule has 0 bridgehead atoms. The summed E-state index contributed by atoms with van der Waals surface area (Å²) in [5.74, 6) is 0.889. The molecule has 2 aromatic carbocycles. The number of nitrogens with zero attached hydrogens (tertiary/aromatic N) is 3. The Morgan fingerprint density at radius 1 is 1.26 bits per heavy atom. The summed E-state index contributed by atoms with van der Waals surface area (Å²) in [5, 5.41) is 4.87. The summed E-state index contributed by atoms with van der Waals surface area (Å²) in [5.41, 5.74) is 1.77. The van der Waals surface area contributed by atoms with Gasteiger partial charge in [0.15, 0.2) is 17.6 Å². The number of halogens is 1. The quantitative estimate of drug-likeness (QED) is 0.208. The van der Waals surface area contributed by atoms with Crippen LogP contribution in [0.15, 0.2) is 57.4 Å². The van der Waals surface area contributed by atoms with E-state index in [1.54, 1.807) is 51.3 Å². The third-order valence-electron chi connectivity index (χ3n) is 5.02. The average Bonchev–Trinajstić information content (AvgIpc) is 2.82. The van der Waals surface area contributed by atoms with Gasteiger partial charge < -0.3 is 14.2 Å². The molecule has 0 aliphatic rings. The van der Waals surface area contributed by atoms with Crippen LogP contribution in [0.2, 0.25) is 0 Å². The lowest BCUT2D eigenvalue weighted by atomic mass is 10.1. The van der Waals surface area contributed by atoms with Crippen molar-refractivity contribution in [2.45, 2.75) is 40.2 Å². The van der Waals surface area contributed by atoms with E-state index in [1.165, 1.54) is 4.68 Å². The van der Waals surface area contributed by atoms with Gasteiger partial charge in [0.2, 0.25) is 0 Å². The first-order chi connectivity index (χ1) is 16.8. The Morgan fingerprint density at radius 2 is 2.03 bits per heavy atom. The third kappa shape index (κ3) is 6.16. The summed E-state index contributed by atoms with van der Waals surface area (Å²) in [6.07, 6.45) is 2.94. The molecular formula is C26H28BrN3O5. The Hall–Kier alpha value is -3.46. The molecule has 0 aliphatic heterocycles. The summed E-state index contributed by atoms with van der Waals surface area (Å²) in [6, 6.07) is 8.95. The van der Waals surface area contributed by atoms with Crippen molar-refractivity contribution in [2.75, 3.05) is 13.2 Å². The number of hydrogen-bond acceptors (Lipinski definition) is 7. The van der Waals surface area contributed by atoms with Crippen molar-refractivity contribution in [3.63, 3.8) is 0 Å². The lowest BCUT2D eigenvalue weighted by molar-refractivity contribution is -0.150. The van der Waals surface area contributed by atoms with Crippen LogP contribution in [0.3, 0.4) is 0 Å². The fourth-order valence-electron chi connectivity index (χ4n) is 3.47. The molecule has 1 atom stereocenters. The number of hydrogen-bond donors (Lipinski definition) is 0.